The predicted octanol–water partition coefficient (Wildman–Crippen LogP) is 2.07. The average Bonchev–Trinajstić information content (AvgIpc) is 2.49. The Morgan fingerprint density at radius 3 is 2.35 bits per heavy atom. The standard InChI is InChI=1S/C16H24N2O2/c1-18-16(20)11-8-13-6-9-14(10-7-13)15(19)5-3-2-4-12-17/h6-7,9-10H,2-5,8,11-12,17H2,1H3,(H,18,20). The van der Waals surface area contributed by atoms with Crippen molar-refractivity contribution in [1.29, 1.82) is 0 Å². The smallest absolute Gasteiger partial charge is 0.220 e. The van der Waals surface area contributed by atoms with Crippen molar-refractivity contribution >= 4 is 11.7 Å². The van der Waals surface area contributed by atoms with Crippen LogP contribution >= 0.6 is 0 Å². The normalized spacial score (nSPS) is 10.3. The highest BCUT2D eigenvalue weighted by Crippen LogP contribution is 2.11. The highest BCUT2D eigenvalue weighted by molar-refractivity contribution is 5.96. The summed E-state index contributed by atoms with van der Waals surface area (Å²) < 4.78 is 0. The van der Waals surface area contributed by atoms with Crippen LogP contribution < -0.4 is 11.1 Å². The van der Waals surface area contributed by atoms with Gasteiger partial charge in [-0.05, 0) is 31.4 Å². The topological polar surface area (TPSA) is 72.2 Å². The fraction of sp³-hybridized carbons (Fsp3) is 0.500. The Labute approximate surface area is 120 Å². The fourth-order valence-corrected chi connectivity index (χ4v) is 1.99. The van der Waals surface area contributed by atoms with E-state index >= 15 is 0 Å². The van der Waals surface area contributed by atoms with Crippen LogP contribution in [0.1, 0.15) is 48.0 Å². The minimum atomic E-state index is 0.0325. The van der Waals surface area contributed by atoms with Crippen molar-refractivity contribution in [3.8, 4) is 0 Å². The zero-order chi connectivity index (χ0) is 14.8. The van der Waals surface area contributed by atoms with Gasteiger partial charge in [0.2, 0.25) is 5.91 Å². The maximum absolute atomic E-state index is 11.9. The lowest BCUT2D eigenvalue weighted by Gasteiger charge is -2.04. The van der Waals surface area contributed by atoms with E-state index in [0.717, 1.165) is 30.4 Å². The van der Waals surface area contributed by atoms with Gasteiger partial charge in [0.25, 0.3) is 0 Å². The third-order valence-corrected chi connectivity index (χ3v) is 3.30. The molecule has 1 aromatic carbocycles. The molecule has 1 aromatic rings. The van der Waals surface area contributed by atoms with Crippen LogP contribution in [0.3, 0.4) is 0 Å². The molecule has 20 heavy (non-hydrogen) atoms. The molecule has 0 aliphatic carbocycles. The predicted molar refractivity (Wildman–Crippen MR) is 80.7 cm³/mol. The van der Waals surface area contributed by atoms with Gasteiger partial charge in [-0.1, -0.05) is 30.7 Å². The number of carbonyl (C=O) groups excluding carboxylic acids is 2. The average molecular weight is 276 g/mol. The first-order valence-electron chi connectivity index (χ1n) is 7.20. The van der Waals surface area contributed by atoms with Gasteiger partial charge < -0.3 is 11.1 Å². The number of benzene rings is 1. The molecule has 4 heteroatoms. The largest absolute Gasteiger partial charge is 0.359 e. The van der Waals surface area contributed by atoms with Crippen LogP contribution in [0.15, 0.2) is 24.3 Å². The van der Waals surface area contributed by atoms with Crippen LogP contribution in [0.5, 0.6) is 0 Å². The molecule has 1 amide bonds. The molecule has 0 radical (unpaired) electrons. The van der Waals surface area contributed by atoms with Gasteiger partial charge in [-0.15, -0.1) is 0 Å². The van der Waals surface area contributed by atoms with Crippen molar-refractivity contribution in [3.63, 3.8) is 0 Å². The van der Waals surface area contributed by atoms with Crippen molar-refractivity contribution in [1.82, 2.24) is 5.32 Å². The first-order chi connectivity index (χ1) is 9.67. The van der Waals surface area contributed by atoms with Gasteiger partial charge in [0, 0.05) is 25.5 Å². The van der Waals surface area contributed by atoms with Crippen molar-refractivity contribution in [3.05, 3.63) is 35.4 Å². The van der Waals surface area contributed by atoms with Crippen LogP contribution in [-0.2, 0) is 11.2 Å². The molecule has 0 aliphatic rings. The number of carbonyl (C=O) groups is 2. The maximum atomic E-state index is 11.9. The van der Waals surface area contributed by atoms with Gasteiger partial charge in [0.15, 0.2) is 5.78 Å². The molecule has 0 fully saturated rings. The summed E-state index contributed by atoms with van der Waals surface area (Å²) in [4.78, 5) is 23.1. The first-order valence-corrected chi connectivity index (χ1v) is 7.20. The second-order valence-corrected chi connectivity index (χ2v) is 4.89. The van der Waals surface area contributed by atoms with Crippen molar-refractivity contribution in [2.75, 3.05) is 13.6 Å². The summed E-state index contributed by atoms with van der Waals surface area (Å²) >= 11 is 0. The number of amides is 1. The Hall–Kier alpha value is -1.68. The number of hydrogen-bond donors (Lipinski definition) is 2. The lowest BCUT2D eigenvalue weighted by molar-refractivity contribution is -0.120. The van der Waals surface area contributed by atoms with Crippen LogP contribution in [0.25, 0.3) is 0 Å². The van der Waals surface area contributed by atoms with E-state index in [0.29, 0.717) is 25.8 Å². The van der Waals surface area contributed by atoms with Crippen LogP contribution in [0.4, 0.5) is 0 Å². The molecule has 4 nitrogen and oxygen atoms in total. The molecule has 0 aliphatic heterocycles. The quantitative estimate of drug-likeness (QED) is 0.535. The van der Waals surface area contributed by atoms with E-state index in [9.17, 15) is 9.59 Å². The molecule has 0 spiro atoms. The summed E-state index contributed by atoms with van der Waals surface area (Å²) in [5.74, 6) is 0.213. The number of ketones is 1. The molecular weight excluding hydrogens is 252 g/mol. The lowest BCUT2D eigenvalue weighted by Crippen LogP contribution is -2.17. The second kappa shape index (κ2) is 9.26. The molecule has 0 saturated carbocycles. The van der Waals surface area contributed by atoms with Gasteiger partial charge in [0.05, 0.1) is 0 Å². The van der Waals surface area contributed by atoms with Gasteiger partial charge in [-0.2, -0.15) is 0 Å². The number of unbranched alkanes of at least 4 members (excludes halogenated alkanes) is 2. The fourth-order valence-electron chi connectivity index (χ4n) is 1.99. The molecule has 0 saturated heterocycles. The van der Waals surface area contributed by atoms with Crippen molar-refractivity contribution in [2.45, 2.75) is 38.5 Å². The van der Waals surface area contributed by atoms with Crippen LogP contribution in [0, 0.1) is 0 Å². The molecule has 0 atom stereocenters. The summed E-state index contributed by atoms with van der Waals surface area (Å²) in [6.45, 7) is 0.689. The van der Waals surface area contributed by atoms with Crippen molar-refractivity contribution < 1.29 is 9.59 Å². The summed E-state index contributed by atoms with van der Waals surface area (Å²) in [6.07, 6.45) is 4.64. The van der Waals surface area contributed by atoms with E-state index in [1.807, 2.05) is 24.3 Å². The Kier molecular flexibility index (Phi) is 7.58. The lowest BCUT2D eigenvalue weighted by atomic mass is 10.0. The highest BCUT2D eigenvalue weighted by atomic mass is 16.1. The molecular formula is C16H24N2O2. The van der Waals surface area contributed by atoms with E-state index in [4.69, 9.17) is 5.73 Å². The van der Waals surface area contributed by atoms with Gasteiger partial charge in [-0.25, -0.2) is 0 Å². The molecule has 0 aromatic heterocycles. The molecule has 1 rings (SSSR count). The number of aryl methyl sites for hydroxylation is 1. The number of rotatable bonds is 9. The van der Waals surface area contributed by atoms with E-state index in [1.54, 1.807) is 7.05 Å². The molecule has 0 bridgehead atoms. The first kappa shape index (κ1) is 16.4. The molecule has 110 valence electrons. The Morgan fingerprint density at radius 2 is 1.75 bits per heavy atom. The zero-order valence-corrected chi connectivity index (χ0v) is 12.2. The zero-order valence-electron chi connectivity index (χ0n) is 12.2. The summed E-state index contributed by atoms with van der Waals surface area (Å²) in [5.41, 5.74) is 7.25. The second-order valence-electron chi connectivity index (χ2n) is 4.89. The summed E-state index contributed by atoms with van der Waals surface area (Å²) in [7, 11) is 1.63. The van der Waals surface area contributed by atoms with E-state index in [-0.39, 0.29) is 11.7 Å². The Bertz CT molecular complexity index is 427. The van der Waals surface area contributed by atoms with Crippen LogP contribution in [-0.4, -0.2) is 25.3 Å². The summed E-state index contributed by atoms with van der Waals surface area (Å²) in [6, 6.07) is 7.56. The number of nitrogens with two attached hydrogens (primary N) is 1. The SMILES string of the molecule is CNC(=O)CCc1ccc(C(=O)CCCCCN)cc1. The minimum absolute atomic E-state index is 0.0325. The van der Waals surface area contributed by atoms with E-state index < -0.39 is 0 Å². The third kappa shape index (κ3) is 5.97. The van der Waals surface area contributed by atoms with E-state index in [2.05, 4.69) is 5.32 Å². The molecule has 0 unspecified atom stereocenters. The molecule has 3 N–H and O–H groups in total. The monoisotopic (exact) mass is 276 g/mol. The Morgan fingerprint density at radius 1 is 1.05 bits per heavy atom. The number of Topliss-reactive ketones (excluding diaryl/α,β-unsaturated/α-hetero) is 1. The van der Waals surface area contributed by atoms with Crippen molar-refractivity contribution in [2.24, 2.45) is 5.73 Å². The van der Waals surface area contributed by atoms with Gasteiger partial charge >= 0.3 is 0 Å². The maximum Gasteiger partial charge on any atom is 0.220 e. The highest BCUT2D eigenvalue weighted by Gasteiger charge is 2.06. The third-order valence-electron chi connectivity index (χ3n) is 3.30. The minimum Gasteiger partial charge on any atom is -0.359 e. The van der Waals surface area contributed by atoms with Gasteiger partial charge in [-0.3, -0.25) is 9.59 Å². The number of nitrogens with one attached hydrogen (secondary N) is 1. The van der Waals surface area contributed by atoms with Gasteiger partial charge in [0.1, 0.15) is 0 Å². The van der Waals surface area contributed by atoms with Crippen LogP contribution in [0.2, 0.25) is 0 Å². The summed E-state index contributed by atoms with van der Waals surface area (Å²) in [5, 5.41) is 2.60. The molecule has 0 heterocycles. The van der Waals surface area contributed by atoms with E-state index in [1.165, 1.54) is 0 Å². The number of hydrogen-bond acceptors (Lipinski definition) is 3. The Balaban J connectivity index is 2.41.